The van der Waals surface area contributed by atoms with E-state index in [0.29, 0.717) is 5.56 Å². The fourth-order valence-electron chi connectivity index (χ4n) is 2.42. The molecule has 25 heavy (non-hydrogen) atoms. The van der Waals surface area contributed by atoms with Crippen LogP contribution >= 0.6 is 11.6 Å². The Morgan fingerprint density at radius 3 is 2.52 bits per heavy atom. The molecule has 2 rings (SSSR count). The van der Waals surface area contributed by atoms with Gasteiger partial charge in [-0.15, -0.1) is 0 Å². The number of ether oxygens (including phenoxy) is 2. The van der Waals surface area contributed by atoms with Crippen molar-refractivity contribution in [2.75, 3.05) is 20.3 Å². The lowest BCUT2D eigenvalue weighted by atomic mass is 9.94. The summed E-state index contributed by atoms with van der Waals surface area (Å²) in [5, 5.41) is 10.0. The van der Waals surface area contributed by atoms with Crippen LogP contribution in [0.25, 0.3) is 11.1 Å². The monoisotopic (exact) mass is 364 g/mol. The van der Waals surface area contributed by atoms with Gasteiger partial charge < -0.3 is 20.3 Å². The van der Waals surface area contributed by atoms with Gasteiger partial charge in [-0.25, -0.2) is 14.6 Å². The Balaban J connectivity index is 2.91. The Morgan fingerprint density at radius 2 is 1.96 bits per heavy atom. The first-order chi connectivity index (χ1) is 11.9. The number of rotatable bonds is 6. The number of nitrogens with zero attached hydrogens (tertiary/aromatic N) is 1. The second-order valence-corrected chi connectivity index (χ2v) is 5.45. The number of methoxy groups -OCH3 is 1. The number of hydrogen-bond donors (Lipinski definition) is 2. The summed E-state index contributed by atoms with van der Waals surface area (Å²) in [6.45, 7) is 1.82. The minimum Gasteiger partial charge on any atom is -0.477 e. The lowest BCUT2D eigenvalue weighted by Gasteiger charge is -2.18. The summed E-state index contributed by atoms with van der Waals surface area (Å²) in [5.41, 5.74) is 5.90. The molecule has 0 bridgehead atoms. The molecule has 0 fully saturated rings. The fraction of sp³-hybridized carbons (Fsp3) is 0.235. The number of nitrogens with two attached hydrogens (primary N) is 1. The fourth-order valence-corrected chi connectivity index (χ4v) is 2.65. The quantitative estimate of drug-likeness (QED) is 0.757. The Morgan fingerprint density at radius 1 is 1.28 bits per heavy atom. The van der Waals surface area contributed by atoms with Gasteiger partial charge in [0.1, 0.15) is 12.2 Å². The molecule has 0 aliphatic rings. The molecule has 0 radical (unpaired) electrons. The van der Waals surface area contributed by atoms with Crippen molar-refractivity contribution in [3.63, 3.8) is 0 Å². The third-order valence-electron chi connectivity index (χ3n) is 3.45. The number of benzene rings is 1. The van der Waals surface area contributed by atoms with Gasteiger partial charge >= 0.3 is 11.9 Å². The lowest BCUT2D eigenvalue weighted by Crippen LogP contribution is -2.18. The van der Waals surface area contributed by atoms with E-state index in [1.54, 1.807) is 31.2 Å². The highest BCUT2D eigenvalue weighted by Crippen LogP contribution is 2.38. The SMILES string of the molecule is COC(=O)c1c(C)nc(OCCN)c(C(=O)O)c1-c1ccccc1Cl. The molecule has 0 amide bonds. The molecule has 132 valence electrons. The maximum atomic E-state index is 12.3. The van der Waals surface area contributed by atoms with Crippen molar-refractivity contribution in [3.05, 3.63) is 46.1 Å². The van der Waals surface area contributed by atoms with Crippen molar-refractivity contribution >= 4 is 23.5 Å². The predicted octanol–water partition coefficient (Wildman–Crippen LogP) is 2.53. The van der Waals surface area contributed by atoms with Gasteiger partial charge in [-0.05, 0) is 13.0 Å². The highest BCUT2D eigenvalue weighted by Gasteiger charge is 2.29. The number of hydrogen-bond acceptors (Lipinski definition) is 6. The molecule has 1 heterocycles. The largest absolute Gasteiger partial charge is 0.477 e. The number of halogens is 1. The Labute approximate surface area is 149 Å². The van der Waals surface area contributed by atoms with Gasteiger partial charge in [0.2, 0.25) is 5.88 Å². The Kier molecular flexibility index (Phi) is 5.95. The number of esters is 1. The summed E-state index contributed by atoms with van der Waals surface area (Å²) in [4.78, 5) is 28.3. The van der Waals surface area contributed by atoms with Gasteiger partial charge in [-0.2, -0.15) is 0 Å². The van der Waals surface area contributed by atoms with Crippen molar-refractivity contribution < 1.29 is 24.2 Å². The van der Waals surface area contributed by atoms with Crippen molar-refractivity contribution in [2.45, 2.75) is 6.92 Å². The van der Waals surface area contributed by atoms with Crippen LogP contribution < -0.4 is 10.5 Å². The smallest absolute Gasteiger partial charge is 0.341 e. The van der Waals surface area contributed by atoms with Crippen molar-refractivity contribution in [1.82, 2.24) is 4.98 Å². The third kappa shape index (κ3) is 3.72. The molecule has 2 aromatic rings. The Hall–Kier alpha value is -2.64. The molecule has 0 spiro atoms. The van der Waals surface area contributed by atoms with E-state index >= 15 is 0 Å². The van der Waals surface area contributed by atoms with Crippen LogP contribution in [0.4, 0.5) is 0 Å². The van der Waals surface area contributed by atoms with Crippen LogP contribution in [0.3, 0.4) is 0 Å². The summed E-state index contributed by atoms with van der Waals surface area (Å²) >= 11 is 6.24. The molecule has 1 aromatic carbocycles. The van der Waals surface area contributed by atoms with E-state index in [0.717, 1.165) is 0 Å². The summed E-state index contributed by atoms with van der Waals surface area (Å²) in [5.74, 6) is -2.15. The molecule has 0 aliphatic heterocycles. The molecular weight excluding hydrogens is 348 g/mol. The zero-order valence-electron chi connectivity index (χ0n) is 13.7. The summed E-state index contributed by atoms with van der Waals surface area (Å²) in [6, 6.07) is 6.59. The minimum atomic E-state index is -1.31. The molecule has 0 aliphatic carbocycles. The van der Waals surface area contributed by atoms with Gasteiger partial charge in [0.05, 0.1) is 18.4 Å². The second kappa shape index (κ2) is 7.96. The first-order valence-corrected chi connectivity index (χ1v) is 7.74. The molecule has 8 heteroatoms. The average molecular weight is 365 g/mol. The number of aryl methyl sites for hydroxylation is 1. The molecule has 0 unspecified atom stereocenters. The van der Waals surface area contributed by atoms with E-state index in [1.807, 2.05) is 0 Å². The molecule has 3 N–H and O–H groups in total. The minimum absolute atomic E-state index is 0.0214. The second-order valence-electron chi connectivity index (χ2n) is 5.04. The number of aromatic carboxylic acids is 1. The number of carbonyl (C=O) groups excluding carboxylic acids is 1. The first-order valence-electron chi connectivity index (χ1n) is 7.36. The highest BCUT2D eigenvalue weighted by molar-refractivity contribution is 6.34. The number of carboxylic acids is 1. The van der Waals surface area contributed by atoms with Gasteiger partial charge in [0.15, 0.2) is 0 Å². The standard InChI is InChI=1S/C17H17ClN2O5/c1-9-12(17(23)24-2)13(10-5-3-4-6-11(10)18)14(16(21)22)15(20-9)25-8-7-19/h3-6H,7-8,19H2,1-2H3,(H,21,22). The van der Waals surface area contributed by atoms with Crippen molar-refractivity contribution in [1.29, 1.82) is 0 Å². The number of aromatic nitrogens is 1. The van der Waals surface area contributed by atoms with E-state index in [2.05, 4.69) is 4.98 Å². The number of carboxylic acid groups (broad SMARTS) is 1. The molecule has 1 aromatic heterocycles. The topological polar surface area (TPSA) is 112 Å². The van der Waals surface area contributed by atoms with Gasteiger partial charge in [0, 0.05) is 22.7 Å². The maximum absolute atomic E-state index is 12.3. The zero-order chi connectivity index (χ0) is 18.6. The first kappa shape index (κ1) is 18.7. The molecular formula is C17H17ClN2O5. The number of pyridine rings is 1. The van der Waals surface area contributed by atoms with E-state index in [4.69, 9.17) is 26.8 Å². The van der Waals surface area contributed by atoms with Gasteiger partial charge in [0.25, 0.3) is 0 Å². The lowest BCUT2D eigenvalue weighted by molar-refractivity contribution is 0.0600. The maximum Gasteiger partial charge on any atom is 0.341 e. The zero-order valence-corrected chi connectivity index (χ0v) is 14.5. The summed E-state index contributed by atoms with van der Waals surface area (Å²) in [7, 11) is 1.21. The van der Waals surface area contributed by atoms with Crippen LogP contribution in [0.2, 0.25) is 5.02 Å². The van der Waals surface area contributed by atoms with Crippen LogP contribution in [0.1, 0.15) is 26.4 Å². The highest BCUT2D eigenvalue weighted by atomic mass is 35.5. The van der Waals surface area contributed by atoms with Crippen LogP contribution in [-0.4, -0.2) is 42.3 Å². The van der Waals surface area contributed by atoms with E-state index in [9.17, 15) is 14.7 Å². The normalized spacial score (nSPS) is 10.4. The predicted molar refractivity (Wildman–Crippen MR) is 92.3 cm³/mol. The average Bonchev–Trinajstić information content (AvgIpc) is 2.58. The summed E-state index contributed by atoms with van der Waals surface area (Å²) in [6.07, 6.45) is 0. The third-order valence-corrected chi connectivity index (χ3v) is 3.78. The van der Waals surface area contributed by atoms with Crippen LogP contribution in [0.15, 0.2) is 24.3 Å². The molecule has 0 saturated heterocycles. The molecule has 0 saturated carbocycles. The molecule has 7 nitrogen and oxygen atoms in total. The van der Waals surface area contributed by atoms with E-state index in [1.165, 1.54) is 7.11 Å². The van der Waals surface area contributed by atoms with Crippen LogP contribution in [0, 0.1) is 6.92 Å². The summed E-state index contributed by atoms with van der Waals surface area (Å²) < 4.78 is 10.2. The van der Waals surface area contributed by atoms with Crippen molar-refractivity contribution in [2.24, 2.45) is 5.73 Å². The Bertz CT molecular complexity index is 823. The number of carbonyl (C=O) groups is 2. The molecule has 0 atom stereocenters. The van der Waals surface area contributed by atoms with Gasteiger partial charge in [-0.1, -0.05) is 29.8 Å². The van der Waals surface area contributed by atoms with E-state index in [-0.39, 0.29) is 46.4 Å². The van der Waals surface area contributed by atoms with Crippen LogP contribution in [0.5, 0.6) is 5.88 Å². The van der Waals surface area contributed by atoms with Crippen LogP contribution in [-0.2, 0) is 4.74 Å². The van der Waals surface area contributed by atoms with Gasteiger partial charge in [-0.3, -0.25) is 0 Å². The van der Waals surface area contributed by atoms with Crippen molar-refractivity contribution in [3.8, 4) is 17.0 Å². The van der Waals surface area contributed by atoms with E-state index < -0.39 is 11.9 Å².